The second kappa shape index (κ2) is 9.65. The topological polar surface area (TPSA) is 121 Å². The Morgan fingerprint density at radius 3 is 2.62 bits per heavy atom. The summed E-state index contributed by atoms with van der Waals surface area (Å²) in [4.78, 5) is 9.24. The number of rotatable bonds is 8. The Kier molecular flexibility index (Phi) is 6.50. The minimum Gasteiger partial charge on any atom is -0.508 e. The number of para-hydroxylation sites is 1. The van der Waals surface area contributed by atoms with Gasteiger partial charge in [0.2, 0.25) is 0 Å². The number of benzene rings is 2. The number of aromatic nitrogens is 5. The summed E-state index contributed by atoms with van der Waals surface area (Å²) in [6, 6.07) is 13.9. The number of fused-ring (bicyclic) bond motifs is 1. The van der Waals surface area contributed by atoms with Gasteiger partial charge in [0.1, 0.15) is 11.5 Å². The summed E-state index contributed by atoms with van der Waals surface area (Å²) in [5, 5.41) is 33.1. The van der Waals surface area contributed by atoms with Crippen LogP contribution in [-0.2, 0) is 6.54 Å². The van der Waals surface area contributed by atoms with Crippen LogP contribution >= 0.6 is 11.8 Å². The van der Waals surface area contributed by atoms with Crippen molar-refractivity contribution in [3.63, 3.8) is 0 Å². The molecule has 164 valence electrons. The average molecular weight is 450 g/mol. The number of anilines is 1. The Morgan fingerprint density at radius 1 is 1.09 bits per heavy atom. The van der Waals surface area contributed by atoms with Crippen LogP contribution in [0.1, 0.15) is 31.4 Å². The maximum absolute atomic E-state index is 10.1. The molecule has 32 heavy (non-hydrogen) atoms. The van der Waals surface area contributed by atoms with Crippen LogP contribution in [0.15, 0.2) is 58.8 Å². The SMILES string of the molecule is CCCSc1nc(N/N=C(\C)c2ccccc2O)c2nnn(Cc3ccc(O)cc3)c2n1. The fourth-order valence-corrected chi connectivity index (χ4v) is 3.72. The fourth-order valence-electron chi connectivity index (χ4n) is 3.03. The van der Waals surface area contributed by atoms with Gasteiger partial charge in [-0.05, 0) is 43.2 Å². The van der Waals surface area contributed by atoms with Gasteiger partial charge in [-0.15, -0.1) is 5.10 Å². The summed E-state index contributed by atoms with van der Waals surface area (Å²) < 4.78 is 1.70. The van der Waals surface area contributed by atoms with Crippen LogP contribution in [0.4, 0.5) is 5.82 Å². The zero-order valence-corrected chi connectivity index (χ0v) is 18.5. The predicted molar refractivity (Wildman–Crippen MR) is 125 cm³/mol. The lowest BCUT2D eigenvalue weighted by molar-refractivity contribution is 0.474. The third-order valence-corrected chi connectivity index (χ3v) is 5.72. The van der Waals surface area contributed by atoms with E-state index in [1.165, 1.54) is 0 Å². The Labute approximate surface area is 189 Å². The standard InChI is InChI=1S/C22H23N7O2S/c1-3-12-32-22-23-20(27-25-14(2)17-6-4-5-7-18(17)31)19-21(24-22)29(28-26-19)13-15-8-10-16(30)11-9-15/h4-11,30-31H,3,12-13H2,1-2H3,(H,23,24,27)/b25-14+. The number of phenolic OH excluding ortho intramolecular Hbond substituents is 2. The van der Waals surface area contributed by atoms with Crippen molar-refractivity contribution >= 4 is 34.5 Å². The van der Waals surface area contributed by atoms with Gasteiger partial charge in [0.15, 0.2) is 22.1 Å². The van der Waals surface area contributed by atoms with Gasteiger partial charge in [0.05, 0.1) is 12.3 Å². The van der Waals surface area contributed by atoms with Gasteiger partial charge in [-0.1, -0.05) is 48.2 Å². The lowest BCUT2D eigenvalue weighted by atomic mass is 10.1. The van der Waals surface area contributed by atoms with Gasteiger partial charge in [-0.25, -0.2) is 14.6 Å². The molecular weight excluding hydrogens is 426 g/mol. The molecule has 10 heteroatoms. The summed E-state index contributed by atoms with van der Waals surface area (Å²) in [6.07, 6.45) is 0.990. The van der Waals surface area contributed by atoms with E-state index in [4.69, 9.17) is 0 Å². The highest BCUT2D eigenvalue weighted by atomic mass is 32.2. The summed E-state index contributed by atoms with van der Waals surface area (Å²) in [6.45, 7) is 4.35. The molecule has 0 saturated carbocycles. The molecule has 0 saturated heterocycles. The number of phenols is 2. The maximum atomic E-state index is 10.1. The molecule has 0 unspecified atom stereocenters. The highest BCUT2D eigenvalue weighted by molar-refractivity contribution is 7.99. The third kappa shape index (κ3) is 4.80. The highest BCUT2D eigenvalue weighted by Crippen LogP contribution is 2.24. The quantitative estimate of drug-likeness (QED) is 0.160. The zero-order chi connectivity index (χ0) is 22.5. The van der Waals surface area contributed by atoms with Crippen LogP contribution in [0.25, 0.3) is 11.2 Å². The second-order valence-corrected chi connectivity index (χ2v) is 8.18. The molecule has 0 amide bonds. The average Bonchev–Trinajstić information content (AvgIpc) is 3.20. The maximum Gasteiger partial charge on any atom is 0.191 e. The van der Waals surface area contributed by atoms with Gasteiger partial charge in [-0.3, -0.25) is 5.43 Å². The van der Waals surface area contributed by atoms with Crippen LogP contribution in [0.5, 0.6) is 11.5 Å². The van der Waals surface area contributed by atoms with Crippen LogP contribution in [-0.4, -0.2) is 46.6 Å². The molecule has 0 atom stereocenters. The Morgan fingerprint density at radius 2 is 1.88 bits per heavy atom. The fraction of sp³-hybridized carbons (Fsp3) is 0.227. The van der Waals surface area contributed by atoms with Crippen LogP contribution < -0.4 is 5.43 Å². The van der Waals surface area contributed by atoms with E-state index in [0.717, 1.165) is 17.7 Å². The molecule has 4 rings (SSSR count). The van der Waals surface area contributed by atoms with Crippen molar-refractivity contribution < 1.29 is 10.2 Å². The lowest BCUT2D eigenvalue weighted by Gasteiger charge is -2.08. The van der Waals surface area contributed by atoms with Gasteiger partial charge in [-0.2, -0.15) is 5.10 Å². The minimum atomic E-state index is 0.155. The summed E-state index contributed by atoms with van der Waals surface area (Å²) in [7, 11) is 0. The molecule has 0 aliphatic heterocycles. The first-order chi connectivity index (χ1) is 15.5. The van der Waals surface area contributed by atoms with Crippen molar-refractivity contribution in [3.05, 3.63) is 59.7 Å². The van der Waals surface area contributed by atoms with E-state index in [1.54, 1.807) is 53.7 Å². The first-order valence-corrected chi connectivity index (χ1v) is 11.1. The molecule has 2 heterocycles. The van der Waals surface area contributed by atoms with Crippen molar-refractivity contribution in [1.82, 2.24) is 25.0 Å². The number of hydrogen-bond acceptors (Lipinski definition) is 9. The van der Waals surface area contributed by atoms with E-state index >= 15 is 0 Å². The van der Waals surface area contributed by atoms with Gasteiger partial charge in [0, 0.05) is 11.3 Å². The normalized spacial score (nSPS) is 11.8. The molecule has 2 aromatic heterocycles. The number of nitrogens with zero attached hydrogens (tertiary/aromatic N) is 6. The van der Waals surface area contributed by atoms with E-state index in [2.05, 4.69) is 37.7 Å². The van der Waals surface area contributed by atoms with E-state index in [1.807, 2.05) is 18.2 Å². The Balaban J connectivity index is 1.69. The van der Waals surface area contributed by atoms with E-state index in [-0.39, 0.29) is 11.5 Å². The Bertz CT molecular complexity index is 1260. The van der Waals surface area contributed by atoms with Gasteiger partial charge >= 0.3 is 0 Å². The smallest absolute Gasteiger partial charge is 0.191 e. The van der Waals surface area contributed by atoms with Crippen LogP contribution in [0, 0.1) is 0 Å². The molecule has 0 aliphatic carbocycles. The number of aromatic hydroxyl groups is 2. The number of nitrogens with one attached hydrogen (secondary N) is 1. The van der Waals surface area contributed by atoms with Gasteiger partial charge in [0.25, 0.3) is 0 Å². The third-order valence-electron chi connectivity index (χ3n) is 4.67. The molecule has 2 aromatic carbocycles. The highest BCUT2D eigenvalue weighted by Gasteiger charge is 2.16. The summed E-state index contributed by atoms with van der Waals surface area (Å²) in [5.74, 6) is 1.69. The largest absolute Gasteiger partial charge is 0.508 e. The molecule has 0 bridgehead atoms. The monoisotopic (exact) mass is 449 g/mol. The molecule has 4 aromatic rings. The summed E-state index contributed by atoms with van der Waals surface area (Å²) >= 11 is 1.55. The molecule has 9 nitrogen and oxygen atoms in total. The minimum absolute atomic E-state index is 0.155. The molecule has 0 spiro atoms. The number of hydrogen-bond donors (Lipinski definition) is 3. The first kappa shape index (κ1) is 21.6. The van der Waals surface area contributed by atoms with Crippen molar-refractivity contribution in [2.24, 2.45) is 5.10 Å². The van der Waals surface area contributed by atoms with Crippen molar-refractivity contribution in [3.8, 4) is 11.5 Å². The zero-order valence-electron chi connectivity index (χ0n) is 17.7. The summed E-state index contributed by atoms with van der Waals surface area (Å²) in [5.41, 5.74) is 6.25. The molecular formula is C22H23N7O2S. The molecule has 0 fully saturated rings. The van der Waals surface area contributed by atoms with Gasteiger partial charge < -0.3 is 10.2 Å². The molecule has 0 radical (unpaired) electrons. The van der Waals surface area contributed by atoms with Crippen molar-refractivity contribution in [2.75, 3.05) is 11.2 Å². The molecule has 0 aliphatic rings. The Hall–Kier alpha value is -3.66. The van der Waals surface area contributed by atoms with E-state index in [0.29, 0.717) is 40.0 Å². The number of hydrazone groups is 1. The first-order valence-electron chi connectivity index (χ1n) is 10.2. The van der Waals surface area contributed by atoms with E-state index in [9.17, 15) is 10.2 Å². The van der Waals surface area contributed by atoms with E-state index < -0.39 is 0 Å². The predicted octanol–water partition coefficient (Wildman–Crippen LogP) is 4.02. The van der Waals surface area contributed by atoms with Crippen molar-refractivity contribution in [2.45, 2.75) is 32.0 Å². The van der Waals surface area contributed by atoms with Crippen LogP contribution in [0.2, 0.25) is 0 Å². The number of thioether (sulfide) groups is 1. The lowest BCUT2D eigenvalue weighted by Crippen LogP contribution is -2.05. The van der Waals surface area contributed by atoms with Crippen molar-refractivity contribution in [1.29, 1.82) is 0 Å². The molecule has 3 N–H and O–H groups in total. The second-order valence-electron chi connectivity index (χ2n) is 7.12. The van der Waals surface area contributed by atoms with Crippen LogP contribution in [0.3, 0.4) is 0 Å².